The summed E-state index contributed by atoms with van der Waals surface area (Å²) in [5.74, 6) is -0.0202. The van der Waals surface area contributed by atoms with Crippen LogP contribution < -0.4 is 4.74 Å². The molecule has 0 amide bonds. The molecule has 0 heterocycles. The molecule has 25 heavy (non-hydrogen) atoms. The van der Waals surface area contributed by atoms with Crippen LogP contribution in [0.2, 0.25) is 5.02 Å². The molecular weight excluding hydrogens is 336 g/mol. The van der Waals surface area contributed by atoms with Crippen LogP contribution in [0.3, 0.4) is 0 Å². The maximum absolute atomic E-state index is 12.1. The minimum absolute atomic E-state index is 0.156. The minimum Gasteiger partial charge on any atom is -0.425 e. The number of rotatable bonds is 6. The average Bonchev–Trinajstić information content (AvgIpc) is 2.66. The first-order valence-corrected chi connectivity index (χ1v) is 8.28. The molecule has 0 aliphatic rings. The van der Waals surface area contributed by atoms with E-state index in [1.54, 1.807) is 24.3 Å². The highest BCUT2D eigenvalue weighted by atomic mass is 35.5. The Hall–Kier alpha value is -2.62. The number of ether oxygens (including phenoxy) is 2. The van der Waals surface area contributed by atoms with Crippen molar-refractivity contribution in [2.24, 2.45) is 0 Å². The monoisotopic (exact) mass is 352 g/mol. The van der Waals surface area contributed by atoms with E-state index in [1.807, 2.05) is 60.7 Å². The van der Waals surface area contributed by atoms with E-state index in [2.05, 4.69) is 0 Å². The van der Waals surface area contributed by atoms with Crippen LogP contribution in [-0.4, -0.2) is 12.6 Å². The fourth-order valence-electron chi connectivity index (χ4n) is 2.46. The Bertz CT molecular complexity index is 762. The molecule has 126 valence electrons. The SMILES string of the molecule is O=C(COC(c1ccccc1)c1ccccc1)Oc1ccc(Cl)cc1. The second-order valence-corrected chi connectivity index (χ2v) is 5.88. The molecule has 0 aliphatic heterocycles. The fourth-order valence-corrected chi connectivity index (χ4v) is 2.58. The van der Waals surface area contributed by atoms with Crippen LogP contribution >= 0.6 is 11.6 Å². The average molecular weight is 353 g/mol. The quantitative estimate of drug-likeness (QED) is 0.460. The van der Waals surface area contributed by atoms with E-state index in [4.69, 9.17) is 21.1 Å². The van der Waals surface area contributed by atoms with Gasteiger partial charge in [-0.2, -0.15) is 0 Å². The summed E-state index contributed by atoms with van der Waals surface area (Å²) in [5, 5.41) is 0.587. The lowest BCUT2D eigenvalue weighted by molar-refractivity contribution is -0.140. The zero-order chi connectivity index (χ0) is 17.5. The molecular formula is C21H17ClO3. The van der Waals surface area contributed by atoms with Gasteiger partial charge >= 0.3 is 5.97 Å². The highest BCUT2D eigenvalue weighted by Gasteiger charge is 2.17. The second kappa shape index (κ2) is 8.47. The van der Waals surface area contributed by atoms with Crippen molar-refractivity contribution in [1.82, 2.24) is 0 Å². The number of halogens is 1. The van der Waals surface area contributed by atoms with Crippen molar-refractivity contribution >= 4 is 17.6 Å². The molecule has 3 rings (SSSR count). The third kappa shape index (κ3) is 4.92. The maximum atomic E-state index is 12.1. The third-order valence-corrected chi connectivity index (χ3v) is 3.87. The molecule has 3 aromatic rings. The van der Waals surface area contributed by atoms with Crippen LogP contribution in [0.5, 0.6) is 5.75 Å². The van der Waals surface area contributed by atoms with Gasteiger partial charge in [-0.15, -0.1) is 0 Å². The lowest BCUT2D eigenvalue weighted by Gasteiger charge is -2.18. The van der Waals surface area contributed by atoms with Crippen LogP contribution in [0.15, 0.2) is 84.9 Å². The van der Waals surface area contributed by atoms with Crippen LogP contribution in [0.4, 0.5) is 0 Å². The van der Waals surface area contributed by atoms with Crippen molar-refractivity contribution in [2.45, 2.75) is 6.10 Å². The largest absolute Gasteiger partial charge is 0.425 e. The van der Waals surface area contributed by atoms with Gasteiger partial charge in [0.15, 0.2) is 0 Å². The number of esters is 1. The van der Waals surface area contributed by atoms with Gasteiger partial charge in [0, 0.05) is 5.02 Å². The Morgan fingerprint density at radius 3 is 1.84 bits per heavy atom. The Kier molecular flexibility index (Phi) is 5.83. The topological polar surface area (TPSA) is 35.5 Å². The van der Waals surface area contributed by atoms with Crippen molar-refractivity contribution in [2.75, 3.05) is 6.61 Å². The van der Waals surface area contributed by atoms with Gasteiger partial charge < -0.3 is 9.47 Å². The van der Waals surface area contributed by atoms with E-state index in [9.17, 15) is 4.79 Å². The van der Waals surface area contributed by atoms with E-state index >= 15 is 0 Å². The first-order chi connectivity index (χ1) is 12.2. The van der Waals surface area contributed by atoms with Crippen molar-refractivity contribution in [1.29, 1.82) is 0 Å². The molecule has 0 bridgehead atoms. The summed E-state index contributed by atoms with van der Waals surface area (Å²) >= 11 is 5.82. The van der Waals surface area contributed by atoms with Crippen molar-refractivity contribution in [3.63, 3.8) is 0 Å². The number of carbonyl (C=O) groups excluding carboxylic acids is 1. The first kappa shape index (κ1) is 17.2. The number of benzene rings is 3. The van der Waals surface area contributed by atoms with Gasteiger partial charge in [0.1, 0.15) is 18.5 Å². The zero-order valence-corrected chi connectivity index (χ0v) is 14.2. The van der Waals surface area contributed by atoms with Crippen molar-refractivity contribution < 1.29 is 14.3 Å². The summed E-state index contributed by atoms with van der Waals surface area (Å²) in [6, 6.07) is 26.2. The highest BCUT2D eigenvalue weighted by Crippen LogP contribution is 2.25. The lowest BCUT2D eigenvalue weighted by atomic mass is 10.0. The van der Waals surface area contributed by atoms with E-state index in [-0.39, 0.29) is 12.7 Å². The molecule has 3 aromatic carbocycles. The lowest BCUT2D eigenvalue weighted by Crippen LogP contribution is -2.18. The molecule has 0 aliphatic carbocycles. The molecule has 0 aromatic heterocycles. The summed E-state index contributed by atoms with van der Waals surface area (Å²) in [7, 11) is 0. The van der Waals surface area contributed by atoms with Gasteiger partial charge in [-0.3, -0.25) is 0 Å². The summed E-state index contributed by atoms with van der Waals surface area (Å²) in [6.07, 6.45) is -0.333. The Morgan fingerprint density at radius 2 is 1.32 bits per heavy atom. The van der Waals surface area contributed by atoms with Gasteiger partial charge in [-0.05, 0) is 35.4 Å². The Morgan fingerprint density at radius 1 is 0.800 bits per heavy atom. The normalized spacial score (nSPS) is 10.6. The summed E-state index contributed by atoms with van der Waals surface area (Å²) in [6.45, 7) is -0.156. The highest BCUT2D eigenvalue weighted by molar-refractivity contribution is 6.30. The fraction of sp³-hybridized carbons (Fsp3) is 0.0952. The molecule has 0 saturated carbocycles. The van der Waals surface area contributed by atoms with Gasteiger partial charge in [0.2, 0.25) is 0 Å². The summed E-state index contributed by atoms with van der Waals surface area (Å²) in [5.41, 5.74) is 1.96. The maximum Gasteiger partial charge on any atom is 0.337 e. The smallest absolute Gasteiger partial charge is 0.337 e. The number of carbonyl (C=O) groups is 1. The van der Waals surface area contributed by atoms with E-state index in [0.29, 0.717) is 10.8 Å². The van der Waals surface area contributed by atoms with E-state index in [1.165, 1.54) is 0 Å². The second-order valence-electron chi connectivity index (χ2n) is 5.44. The zero-order valence-electron chi connectivity index (χ0n) is 13.5. The molecule has 3 nitrogen and oxygen atoms in total. The van der Waals surface area contributed by atoms with Crippen LogP contribution in [0, 0.1) is 0 Å². The molecule has 0 atom stereocenters. The van der Waals surface area contributed by atoms with E-state index < -0.39 is 5.97 Å². The van der Waals surface area contributed by atoms with Crippen molar-refractivity contribution in [3.8, 4) is 5.75 Å². The first-order valence-electron chi connectivity index (χ1n) is 7.90. The van der Waals surface area contributed by atoms with Crippen LogP contribution in [0.1, 0.15) is 17.2 Å². The van der Waals surface area contributed by atoms with Gasteiger partial charge in [-0.1, -0.05) is 72.3 Å². The van der Waals surface area contributed by atoms with Gasteiger partial charge in [0.25, 0.3) is 0 Å². The van der Waals surface area contributed by atoms with Gasteiger partial charge in [0.05, 0.1) is 0 Å². The molecule has 0 radical (unpaired) electrons. The minimum atomic E-state index is -0.459. The number of hydrogen-bond donors (Lipinski definition) is 0. The third-order valence-electron chi connectivity index (χ3n) is 3.62. The van der Waals surface area contributed by atoms with Crippen LogP contribution in [-0.2, 0) is 9.53 Å². The van der Waals surface area contributed by atoms with Gasteiger partial charge in [-0.25, -0.2) is 4.79 Å². The molecule has 0 unspecified atom stereocenters. The molecule has 0 saturated heterocycles. The van der Waals surface area contributed by atoms with Crippen LogP contribution in [0.25, 0.3) is 0 Å². The van der Waals surface area contributed by atoms with E-state index in [0.717, 1.165) is 11.1 Å². The Labute approximate surface area is 151 Å². The predicted octanol–water partition coefficient (Wildman–Crippen LogP) is 5.05. The number of hydrogen-bond acceptors (Lipinski definition) is 3. The summed E-state index contributed by atoms with van der Waals surface area (Å²) in [4.78, 5) is 12.1. The summed E-state index contributed by atoms with van der Waals surface area (Å²) < 4.78 is 11.1. The Balaban J connectivity index is 1.68. The standard InChI is InChI=1S/C21H17ClO3/c22-18-11-13-19(14-12-18)25-20(23)15-24-21(16-7-3-1-4-8-16)17-9-5-2-6-10-17/h1-14,21H,15H2. The molecule has 0 fully saturated rings. The van der Waals surface area contributed by atoms with Crippen molar-refractivity contribution in [3.05, 3.63) is 101 Å². The molecule has 0 N–H and O–H groups in total. The molecule has 4 heteroatoms. The predicted molar refractivity (Wildman–Crippen MR) is 97.8 cm³/mol. The molecule has 0 spiro atoms.